The SMILES string of the molecule is COc1c(F)cccc1CC(N)=S. The summed E-state index contributed by atoms with van der Waals surface area (Å²) in [5.74, 6) is -0.174. The minimum atomic E-state index is -0.392. The average molecular weight is 199 g/mol. The van der Waals surface area contributed by atoms with Crippen LogP contribution in [0.4, 0.5) is 4.39 Å². The molecule has 1 aromatic carbocycles. The number of rotatable bonds is 3. The minimum absolute atomic E-state index is 0.218. The number of hydrogen-bond donors (Lipinski definition) is 1. The van der Waals surface area contributed by atoms with Gasteiger partial charge in [0.15, 0.2) is 11.6 Å². The summed E-state index contributed by atoms with van der Waals surface area (Å²) in [6, 6.07) is 4.68. The van der Waals surface area contributed by atoms with Crippen LogP contribution >= 0.6 is 12.2 Å². The molecule has 0 unspecified atom stereocenters. The molecule has 0 saturated heterocycles. The summed E-state index contributed by atoms with van der Waals surface area (Å²) in [5, 5.41) is 0. The molecule has 2 nitrogen and oxygen atoms in total. The molecule has 0 amide bonds. The molecule has 0 aliphatic rings. The monoisotopic (exact) mass is 199 g/mol. The highest BCUT2D eigenvalue weighted by Crippen LogP contribution is 2.22. The average Bonchev–Trinajstić information content (AvgIpc) is 2.03. The van der Waals surface area contributed by atoms with Crippen LogP contribution in [0.2, 0.25) is 0 Å². The Hall–Kier alpha value is -1.16. The fourth-order valence-electron chi connectivity index (χ4n) is 1.11. The van der Waals surface area contributed by atoms with E-state index >= 15 is 0 Å². The largest absolute Gasteiger partial charge is 0.493 e. The van der Waals surface area contributed by atoms with Crippen LogP contribution in [0.25, 0.3) is 0 Å². The third-order valence-corrected chi connectivity index (χ3v) is 1.76. The maximum atomic E-state index is 13.1. The predicted octanol–water partition coefficient (Wildman–Crippen LogP) is 1.66. The number of methoxy groups -OCH3 is 1. The zero-order valence-corrected chi connectivity index (χ0v) is 8.03. The van der Waals surface area contributed by atoms with Crippen molar-refractivity contribution in [3.63, 3.8) is 0 Å². The maximum Gasteiger partial charge on any atom is 0.165 e. The van der Waals surface area contributed by atoms with Crippen molar-refractivity contribution in [3.05, 3.63) is 29.6 Å². The fraction of sp³-hybridized carbons (Fsp3) is 0.222. The molecule has 2 N–H and O–H groups in total. The molecule has 0 fully saturated rings. The topological polar surface area (TPSA) is 35.2 Å². The van der Waals surface area contributed by atoms with Gasteiger partial charge in [0.05, 0.1) is 12.1 Å². The van der Waals surface area contributed by atoms with Gasteiger partial charge in [-0.05, 0) is 6.07 Å². The Morgan fingerprint density at radius 1 is 1.62 bits per heavy atom. The van der Waals surface area contributed by atoms with Crippen molar-refractivity contribution in [3.8, 4) is 5.75 Å². The van der Waals surface area contributed by atoms with Crippen molar-refractivity contribution in [2.24, 2.45) is 5.73 Å². The molecule has 0 spiro atoms. The van der Waals surface area contributed by atoms with Crippen LogP contribution in [0.5, 0.6) is 5.75 Å². The van der Waals surface area contributed by atoms with Crippen LogP contribution in [-0.2, 0) is 6.42 Å². The first kappa shape index (κ1) is 9.92. The quantitative estimate of drug-likeness (QED) is 0.752. The molecule has 0 atom stereocenters. The van der Waals surface area contributed by atoms with Crippen molar-refractivity contribution in [1.82, 2.24) is 0 Å². The van der Waals surface area contributed by atoms with Gasteiger partial charge in [-0.15, -0.1) is 0 Å². The number of thiocarbonyl (C=S) groups is 1. The van der Waals surface area contributed by atoms with Gasteiger partial charge < -0.3 is 10.5 Å². The van der Waals surface area contributed by atoms with Crippen molar-refractivity contribution in [1.29, 1.82) is 0 Å². The first-order valence-electron chi connectivity index (χ1n) is 3.75. The van der Waals surface area contributed by atoms with E-state index in [-0.39, 0.29) is 5.75 Å². The van der Waals surface area contributed by atoms with Crippen molar-refractivity contribution in [2.45, 2.75) is 6.42 Å². The molecule has 0 heterocycles. The number of halogens is 1. The van der Waals surface area contributed by atoms with E-state index in [2.05, 4.69) is 0 Å². The lowest BCUT2D eigenvalue weighted by atomic mass is 10.1. The second-order valence-electron chi connectivity index (χ2n) is 2.58. The molecular weight excluding hydrogens is 189 g/mol. The zero-order valence-electron chi connectivity index (χ0n) is 7.21. The van der Waals surface area contributed by atoms with Gasteiger partial charge in [0.25, 0.3) is 0 Å². The molecule has 0 radical (unpaired) electrons. The Bertz CT molecular complexity index is 327. The molecule has 1 rings (SSSR count). The van der Waals surface area contributed by atoms with Crippen molar-refractivity contribution in [2.75, 3.05) is 7.11 Å². The Kier molecular flexibility index (Phi) is 3.19. The lowest BCUT2D eigenvalue weighted by Crippen LogP contribution is -2.12. The standard InChI is InChI=1S/C9H10FNOS/c1-12-9-6(5-8(11)13)3-2-4-7(9)10/h2-4H,5H2,1H3,(H2,11,13). The maximum absolute atomic E-state index is 13.1. The number of para-hydroxylation sites is 1. The Balaban J connectivity index is 3.05. The van der Waals surface area contributed by atoms with E-state index in [1.165, 1.54) is 13.2 Å². The third kappa shape index (κ3) is 2.39. The van der Waals surface area contributed by atoms with Gasteiger partial charge >= 0.3 is 0 Å². The van der Waals surface area contributed by atoms with Gasteiger partial charge in [0, 0.05) is 12.0 Å². The fourth-order valence-corrected chi connectivity index (χ4v) is 1.26. The lowest BCUT2D eigenvalue weighted by Gasteiger charge is -2.07. The summed E-state index contributed by atoms with van der Waals surface area (Å²) >= 11 is 4.73. The van der Waals surface area contributed by atoms with Crippen LogP contribution in [0.3, 0.4) is 0 Å². The van der Waals surface area contributed by atoms with Crippen LogP contribution in [0.1, 0.15) is 5.56 Å². The van der Waals surface area contributed by atoms with E-state index < -0.39 is 5.82 Å². The van der Waals surface area contributed by atoms with Crippen molar-refractivity contribution >= 4 is 17.2 Å². The molecule has 0 aliphatic carbocycles. The molecule has 0 bridgehead atoms. The van der Waals surface area contributed by atoms with Crippen LogP contribution in [0.15, 0.2) is 18.2 Å². The van der Waals surface area contributed by atoms with Gasteiger partial charge in [-0.3, -0.25) is 0 Å². The molecule has 4 heteroatoms. The van der Waals surface area contributed by atoms with Crippen LogP contribution in [-0.4, -0.2) is 12.1 Å². The van der Waals surface area contributed by atoms with Gasteiger partial charge in [-0.2, -0.15) is 0 Å². The smallest absolute Gasteiger partial charge is 0.165 e. The Morgan fingerprint density at radius 2 is 2.31 bits per heavy atom. The molecule has 1 aromatic rings. The van der Waals surface area contributed by atoms with E-state index in [4.69, 9.17) is 22.7 Å². The highest BCUT2D eigenvalue weighted by Gasteiger charge is 2.08. The summed E-state index contributed by atoms with van der Waals surface area (Å²) in [4.78, 5) is 0.323. The summed E-state index contributed by atoms with van der Waals surface area (Å²) in [6.45, 7) is 0. The zero-order chi connectivity index (χ0) is 9.84. The molecule has 70 valence electrons. The summed E-state index contributed by atoms with van der Waals surface area (Å²) in [5.41, 5.74) is 6.03. The lowest BCUT2D eigenvalue weighted by molar-refractivity contribution is 0.383. The molecular formula is C9H10FNOS. The first-order valence-corrected chi connectivity index (χ1v) is 4.15. The predicted molar refractivity (Wildman–Crippen MR) is 53.4 cm³/mol. The van der Waals surface area contributed by atoms with Gasteiger partial charge in [0.2, 0.25) is 0 Å². The van der Waals surface area contributed by atoms with E-state index in [1.54, 1.807) is 12.1 Å². The minimum Gasteiger partial charge on any atom is -0.493 e. The summed E-state index contributed by atoms with van der Waals surface area (Å²) < 4.78 is 18.0. The summed E-state index contributed by atoms with van der Waals surface area (Å²) in [7, 11) is 1.42. The first-order chi connectivity index (χ1) is 6.15. The molecule has 0 aromatic heterocycles. The van der Waals surface area contributed by atoms with E-state index in [9.17, 15) is 4.39 Å². The van der Waals surface area contributed by atoms with Gasteiger partial charge in [-0.25, -0.2) is 4.39 Å². The van der Waals surface area contributed by atoms with Gasteiger partial charge in [-0.1, -0.05) is 24.4 Å². The van der Waals surface area contributed by atoms with Crippen molar-refractivity contribution < 1.29 is 9.13 Å². The van der Waals surface area contributed by atoms with E-state index in [0.29, 0.717) is 17.0 Å². The highest BCUT2D eigenvalue weighted by molar-refractivity contribution is 7.80. The third-order valence-electron chi connectivity index (χ3n) is 1.62. The highest BCUT2D eigenvalue weighted by atomic mass is 32.1. The van der Waals surface area contributed by atoms with Gasteiger partial charge in [0.1, 0.15) is 0 Å². The summed E-state index contributed by atoms with van der Waals surface area (Å²) in [6.07, 6.45) is 0.357. The number of ether oxygens (including phenoxy) is 1. The molecule has 0 aliphatic heterocycles. The molecule has 0 saturated carbocycles. The Morgan fingerprint density at radius 3 is 2.85 bits per heavy atom. The normalized spacial score (nSPS) is 9.69. The van der Waals surface area contributed by atoms with E-state index in [1.807, 2.05) is 0 Å². The number of hydrogen-bond acceptors (Lipinski definition) is 2. The number of benzene rings is 1. The number of nitrogens with two attached hydrogens (primary N) is 1. The second kappa shape index (κ2) is 4.18. The van der Waals surface area contributed by atoms with Crippen LogP contribution < -0.4 is 10.5 Å². The van der Waals surface area contributed by atoms with E-state index in [0.717, 1.165) is 0 Å². The molecule has 13 heavy (non-hydrogen) atoms. The Labute approximate surface area is 81.5 Å². The second-order valence-corrected chi connectivity index (χ2v) is 3.10. The van der Waals surface area contributed by atoms with Crippen LogP contribution in [0, 0.1) is 5.82 Å².